The van der Waals surface area contributed by atoms with Gasteiger partial charge in [0.1, 0.15) is 6.61 Å². The number of nitrogens with zero attached hydrogens (tertiary/aromatic N) is 1. The Bertz CT molecular complexity index is 1230. The fourth-order valence-electron chi connectivity index (χ4n) is 3.30. The summed E-state index contributed by atoms with van der Waals surface area (Å²) in [6.45, 7) is 2.98. The molecule has 1 fully saturated rings. The van der Waals surface area contributed by atoms with Gasteiger partial charge in [-0.2, -0.15) is 0 Å². The first-order valence-electron chi connectivity index (χ1n) is 10.6. The molecule has 34 heavy (non-hydrogen) atoms. The number of carbonyl (C=O) groups excluding carboxylic acids is 2. The van der Waals surface area contributed by atoms with Gasteiger partial charge in [0.05, 0.1) is 18.1 Å². The molecule has 0 unspecified atom stereocenters. The Morgan fingerprint density at radius 3 is 2.35 bits per heavy atom. The van der Waals surface area contributed by atoms with Crippen LogP contribution in [0.2, 0.25) is 5.02 Å². The average molecular weight is 606 g/mol. The first-order valence-corrected chi connectivity index (χ1v) is 12.8. The van der Waals surface area contributed by atoms with Gasteiger partial charge in [-0.1, -0.05) is 41.9 Å². The lowest BCUT2D eigenvalue weighted by atomic mass is 10.1. The van der Waals surface area contributed by atoms with Crippen LogP contribution in [0.3, 0.4) is 0 Å². The van der Waals surface area contributed by atoms with Crippen molar-refractivity contribution in [3.05, 3.63) is 96.9 Å². The lowest BCUT2D eigenvalue weighted by Crippen LogP contribution is -2.27. The largest absolute Gasteiger partial charge is 0.490 e. The molecule has 0 saturated carbocycles. The number of imide groups is 1. The zero-order chi connectivity index (χ0) is 24.1. The Hall–Kier alpha value is -2.49. The SMILES string of the molecule is CCOc1cc(/C=C2\SC(=O)N(Cc3ccc(I)cc3)C2=O)ccc1OCc1ccc(Cl)cc1. The molecule has 174 valence electrons. The molecule has 0 aromatic heterocycles. The maximum absolute atomic E-state index is 12.9. The van der Waals surface area contributed by atoms with Gasteiger partial charge in [-0.05, 0) is 100 Å². The van der Waals surface area contributed by atoms with Gasteiger partial charge in [0.25, 0.3) is 11.1 Å². The van der Waals surface area contributed by atoms with Crippen molar-refractivity contribution in [3.8, 4) is 11.5 Å². The van der Waals surface area contributed by atoms with Crippen molar-refractivity contribution in [2.24, 2.45) is 0 Å². The topological polar surface area (TPSA) is 55.8 Å². The van der Waals surface area contributed by atoms with E-state index < -0.39 is 0 Å². The number of thioether (sulfide) groups is 1. The Balaban J connectivity index is 1.49. The van der Waals surface area contributed by atoms with Crippen LogP contribution in [0, 0.1) is 3.57 Å². The van der Waals surface area contributed by atoms with Crippen molar-refractivity contribution in [1.29, 1.82) is 0 Å². The van der Waals surface area contributed by atoms with Crippen molar-refractivity contribution in [3.63, 3.8) is 0 Å². The van der Waals surface area contributed by atoms with Gasteiger partial charge in [-0.15, -0.1) is 0 Å². The van der Waals surface area contributed by atoms with E-state index in [0.29, 0.717) is 34.6 Å². The van der Waals surface area contributed by atoms with Gasteiger partial charge in [-0.3, -0.25) is 14.5 Å². The van der Waals surface area contributed by atoms with E-state index in [-0.39, 0.29) is 17.7 Å². The summed E-state index contributed by atoms with van der Waals surface area (Å²) in [5, 5.41) is 0.397. The fourth-order valence-corrected chi connectivity index (χ4v) is 4.63. The van der Waals surface area contributed by atoms with E-state index in [1.54, 1.807) is 6.08 Å². The van der Waals surface area contributed by atoms with Crippen LogP contribution in [-0.2, 0) is 17.9 Å². The second-order valence-electron chi connectivity index (χ2n) is 7.45. The molecule has 0 radical (unpaired) electrons. The second-order valence-corrected chi connectivity index (χ2v) is 10.1. The first kappa shape index (κ1) is 24.6. The molecule has 3 aromatic carbocycles. The Morgan fingerprint density at radius 1 is 0.941 bits per heavy atom. The quantitative estimate of drug-likeness (QED) is 0.202. The highest BCUT2D eigenvalue weighted by Gasteiger charge is 2.35. The van der Waals surface area contributed by atoms with Gasteiger partial charge in [0.15, 0.2) is 11.5 Å². The normalized spacial score (nSPS) is 14.7. The van der Waals surface area contributed by atoms with Crippen molar-refractivity contribution >= 4 is 63.2 Å². The van der Waals surface area contributed by atoms with E-state index in [2.05, 4.69) is 22.6 Å². The Morgan fingerprint density at radius 2 is 1.65 bits per heavy atom. The summed E-state index contributed by atoms with van der Waals surface area (Å²) >= 11 is 9.11. The van der Waals surface area contributed by atoms with Crippen LogP contribution >= 0.6 is 46.0 Å². The highest BCUT2D eigenvalue weighted by Crippen LogP contribution is 2.35. The van der Waals surface area contributed by atoms with E-state index in [4.69, 9.17) is 21.1 Å². The summed E-state index contributed by atoms with van der Waals surface area (Å²) in [7, 11) is 0. The summed E-state index contributed by atoms with van der Waals surface area (Å²) in [5.74, 6) is 0.874. The Kier molecular flexibility index (Phi) is 8.18. The standard InChI is InChI=1S/C26H21ClINO4S/c1-2-32-23-13-19(7-12-22(23)33-16-18-3-8-20(27)9-4-18)14-24-25(30)29(26(31)34-24)15-17-5-10-21(28)11-6-17/h3-14H,2,15-16H2,1H3/b24-14-. The third kappa shape index (κ3) is 6.14. The smallest absolute Gasteiger partial charge is 0.293 e. The number of ether oxygens (including phenoxy) is 2. The molecule has 3 aromatic rings. The maximum Gasteiger partial charge on any atom is 0.293 e. The third-order valence-corrected chi connectivity index (χ3v) is 6.88. The molecule has 1 saturated heterocycles. The summed E-state index contributed by atoms with van der Waals surface area (Å²) in [6, 6.07) is 20.7. The monoisotopic (exact) mass is 605 g/mol. The predicted molar refractivity (Wildman–Crippen MR) is 144 cm³/mol. The molecule has 0 aliphatic carbocycles. The molecule has 0 bridgehead atoms. The van der Waals surface area contributed by atoms with Crippen molar-refractivity contribution < 1.29 is 19.1 Å². The molecule has 5 nitrogen and oxygen atoms in total. The van der Waals surface area contributed by atoms with Crippen molar-refractivity contribution in [2.45, 2.75) is 20.1 Å². The molecule has 1 heterocycles. The van der Waals surface area contributed by atoms with Crippen LogP contribution in [0.5, 0.6) is 11.5 Å². The average Bonchev–Trinajstić information content (AvgIpc) is 3.08. The first-order chi connectivity index (χ1) is 16.4. The maximum atomic E-state index is 12.9. The predicted octanol–water partition coefficient (Wildman–Crippen LogP) is 7.16. The Labute approximate surface area is 221 Å². The molecule has 0 spiro atoms. The molecule has 8 heteroatoms. The van der Waals surface area contributed by atoms with Gasteiger partial charge in [-0.25, -0.2) is 0 Å². The summed E-state index contributed by atoms with van der Waals surface area (Å²) in [4.78, 5) is 27.0. The number of hydrogen-bond donors (Lipinski definition) is 0. The van der Waals surface area contributed by atoms with Crippen LogP contribution in [0.1, 0.15) is 23.6 Å². The minimum absolute atomic E-state index is 0.251. The number of amides is 2. The summed E-state index contributed by atoms with van der Waals surface area (Å²) in [6.07, 6.45) is 1.71. The third-order valence-electron chi connectivity index (χ3n) is 5.00. The molecule has 0 atom stereocenters. The van der Waals surface area contributed by atoms with Crippen LogP contribution in [-0.4, -0.2) is 22.7 Å². The van der Waals surface area contributed by atoms with E-state index in [1.807, 2.05) is 73.7 Å². The van der Waals surface area contributed by atoms with E-state index in [0.717, 1.165) is 32.0 Å². The van der Waals surface area contributed by atoms with Crippen LogP contribution in [0.25, 0.3) is 6.08 Å². The highest BCUT2D eigenvalue weighted by molar-refractivity contribution is 14.1. The zero-order valence-corrected chi connectivity index (χ0v) is 22.0. The zero-order valence-electron chi connectivity index (χ0n) is 18.3. The van der Waals surface area contributed by atoms with Crippen molar-refractivity contribution in [1.82, 2.24) is 4.90 Å². The summed E-state index contributed by atoms with van der Waals surface area (Å²) < 4.78 is 12.8. The van der Waals surface area contributed by atoms with Gasteiger partial charge in [0, 0.05) is 8.59 Å². The lowest BCUT2D eigenvalue weighted by molar-refractivity contribution is -0.123. The number of carbonyl (C=O) groups is 2. The fraction of sp³-hybridized carbons (Fsp3) is 0.154. The number of benzene rings is 3. The van der Waals surface area contributed by atoms with Gasteiger partial charge >= 0.3 is 0 Å². The minimum atomic E-state index is -0.297. The second kappa shape index (κ2) is 11.3. The lowest BCUT2D eigenvalue weighted by Gasteiger charge is -2.13. The molecule has 4 rings (SSSR count). The van der Waals surface area contributed by atoms with Crippen LogP contribution in [0.15, 0.2) is 71.6 Å². The van der Waals surface area contributed by atoms with E-state index >= 15 is 0 Å². The van der Waals surface area contributed by atoms with Crippen LogP contribution < -0.4 is 9.47 Å². The van der Waals surface area contributed by atoms with Crippen molar-refractivity contribution in [2.75, 3.05) is 6.61 Å². The van der Waals surface area contributed by atoms with Crippen LogP contribution in [0.4, 0.5) is 4.79 Å². The minimum Gasteiger partial charge on any atom is -0.490 e. The highest BCUT2D eigenvalue weighted by atomic mass is 127. The van der Waals surface area contributed by atoms with Gasteiger partial charge in [0.2, 0.25) is 0 Å². The van der Waals surface area contributed by atoms with E-state index in [1.165, 1.54) is 4.90 Å². The van der Waals surface area contributed by atoms with E-state index in [9.17, 15) is 9.59 Å². The van der Waals surface area contributed by atoms with Gasteiger partial charge < -0.3 is 9.47 Å². The molecule has 0 N–H and O–H groups in total. The molecule has 1 aliphatic heterocycles. The number of hydrogen-bond acceptors (Lipinski definition) is 5. The molecular formula is C26H21ClINO4S. The number of halogens is 2. The summed E-state index contributed by atoms with van der Waals surface area (Å²) in [5.41, 5.74) is 2.64. The molecule has 2 amide bonds. The molecular weight excluding hydrogens is 585 g/mol. The molecule has 1 aliphatic rings. The number of rotatable bonds is 8.